The fraction of sp³-hybridized carbons (Fsp3) is 0.478. The van der Waals surface area contributed by atoms with Gasteiger partial charge in [-0.25, -0.2) is 0 Å². The summed E-state index contributed by atoms with van der Waals surface area (Å²) in [5, 5.41) is 11.4. The molecule has 1 unspecified atom stereocenters. The van der Waals surface area contributed by atoms with Gasteiger partial charge in [0, 0.05) is 40.3 Å². The number of rotatable bonds is 1. The normalized spacial score (nSPS) is 21.6. The van der Waals surface area contributed by atoms with E-state index in [-0.39, 0.29) is 22.5 Å². The Morgan fingerprint density at radius 3 is 2.52 bits per heavy atom. The number of H-pyrrole nitrogens is 1. The Kier molecular flexibility index (Phi) is 3.88. The maximum atomic E-state index is 13.3. The van der Waals surface area contributed by atoms with E-state index in [4.69, 9.17) is 0 Å². The topological polar surface area (TPSA) is 57.8 Å². The van der Waals surface area contributed by atoms with Crippen molar-refractivity contribution < 1.29 is 4.79 Å². The average molecular weight is 364 g/mol. The Hall–Kier alpha value is -2.36. The number of Topliss-reactive ketones (excluding diaryl/α,β-unsaturated/α-hetero) is 1. The van der Waals surface area contributed by atoms with E-state index in [1.807, 2.05) is 0 Å². The molecule has 2 N–H and O–H groups in total. The highest BCUT2D eigenvalue weighted by molar-refractivity contribution is 6.01. The average Bonchev–Trinajstić information content (AvgIpc) is 2.96. The van der Waals surface area contributed by atoms with Gasteiger partial charge in [-0.2, -0.15) is 5.10 Å². The van der Waals surface area contributed by atoms with E-state index in [1.54, 1.807) is 0 Å². The molecule has 4 nitrogen and oxygen atoms in total. The third-order valence-corrected chi connectivity index (χ3v) is 5.82. The van der Waals surface area contributed by atoms with Crippen LogP contribution >= 0.6 is 0 Å². The monoisotopic (exact) mass is 363 g/mol. The first kappa shape index (κ1) is 18.0. The molecule has 4 rings (SSSR count). The molecule has 1 aliphatic heterocycles. The number of nitrogens with one attached hydrogen (secondary N) is 2. The van der Waals surface area contributed by atoms with Gasteiger partial charge in [-0.05, 0) is 29.9 Å². The van der Waals surface area contributed by atoms with Crippen LogP contribution in [0.2, 0.25) is 0 Å². The summed E-state index contributed by atoms with van der Waals surface area (Å²) in [5.74, 6) is 1.07. The van der Waals surface area contributed by atoms with Crippen LogP contribution < -0.4 is 5.32 Å². The number of aromatic nitrogens is 2. The lowest BCUT2D eigenvalue weighted by Gasteiger charge is -2.39. The summed E-state index contributed by atoms with van der Waals surface area (Å²) in [6.07, 6.45) is 1.46. The number of allylic oxidation sites excluding steroid dienone is 2. The van der Waals surface area contributed by atoms with Crippen LogP contribution in [0.5, 0.6) is 0 Å². The summed E-state index contributed by atoms with van der Waals surface area (Å²) >= 11 is 0. The molecule has 4 heteroatoms. The quantitative estimate of drug-likeness (QED) is 0.730. The van der Waals surface area contributed by atoms with Gasteiger partial charge >= 0.3 is 0 Å². The van der Waals surface area contributed by atoms with Crippen molar-refractivity contribution in [1.29, 1.82) is 0 Å². The van der Waals surface area contributed by atoms with Crippen molar-refractivity contribution in [3.05, 3.63) is 57.9 Å². The number of ketones is 1. The summed E-state index contributed by atoms with van der Waals surface area (Å²) in [6.45, 7) is 13.0. The molecule has 1 aromatic carbocycles. The van der Waals surface area contributed by atoms with Gasteiger partial charge < -0.3 is 5.32 Å². The van der Waals surface area contributed by atoms with Crippen LogP contribution in [0, 0.1) is 12.3 Å². The molecule has 1 aromatic heterocycles. The summed E-state index contributed by atoms with van der Waals surface area (Å²) < 4.78 is 0. The van der Waals surface area contributed by atoms with Gasteiger partial charge in [-0.3, -0.25) is 9.89 Å². The van der Waals surface area contributed by atoms with Gasteiger partial charge in [0.25, 0.3) is 0 Å². The predicted molar refractivity (Wildman–Crippen MR) is 109 cm³/mol. The van der Waals surface area contributed by atoms with Crippen molar-refractivity contribution in [3.63, 3.8) is 0 Å². The zero-order valence-electron chi connectivity index (χ0n) is 17.2. The molecular formula is C23H29N3O. The number of anilines is 1. The maximum Gasteiger partial charge on any atom is 0.162 e. The largest absolute Gasteiger partial charge is 0.342 e. The molecule has 0 saturated carbocycles. The lowest BCUT2D eigenvalue weighted by atomic mass is 9.67. The zero-order chi connectivity index (χ0) is 19.6. The van der Waals surface area contributed by atoms with E-state index in [2.05, 4.69) is 81.3 Å². The molecule has 0 spiro atoms. The zero-order valence-corrected chi connectivity index (χ0v) is 17.2. The molecule has 1 aliphatic carbocycles. The molecule has 0 radical (unpaired) electrons. The van der Waals surface area contributed by atoms with Crippen LogP contribution in [-0.4, -0.2) is 16.0 Å². The van der Waals surface area contributed by atoms with E-state index in [9.17, 15) is 4.79 Å². The summed E-state index contributed by atoms with van der Waals surface area (Å²) in [6, 6.07) is 8.41. The molecular weight excluding hydrogens is 334 g/mol. The fourth-order valence-electron chi connectivity index (χ4n) is 4.59. The minimum Gasteiger partial charge on any atom is -0.342 e. The van der Waals surface area contributed by atoms with Gasteiger partial charge in [0.15, 0.2) is 11.6 Å². The van der Waals surface area contributed by atoms with Crippen molar-refractivity contribution >= 4 is 11.6 Å². The molecule has 0 amide bonds. The Morgan fingerprint density at radius 1 is 1.15 bits per heavy atom. The van der Waals surface area contributed by atoms with Crippen LogP contribution in [0.4, 0.5) is 5.82 Å². The van der Waals surface area contributed by atoms with Crippen LogP contribution in [0.25, 0.3) is 0 Å². The Balaban J connectivity index is 2.00. The molecule has 1 atom stereocenters. The van der Waals surface area contributed by atoms with Gasteiger partial charge in [-0.1, -0.05) is 58.9 Å². The number of carbonyl (C=O) groups excluding carboxylic acids is 1. The van der Waals surface area contributed by atoms with Gasteiger partial charge in [-0.15, -0.1) is 0 Å². The van der Waals surface area contributed by atoms with E-state index >= 15 is 0 Å². The highest BCUT2D eigenvalue weighted by atomic mass is 16.1. The minimum atomic E-state index is -0.0851. The second kappa shape index (κ2) is 5.82. The van der Waals surface area contributed by atoms with Crippen LogP contribution in [0.1, 0.15) is 75.8 Å². The highest BCUT2D eigenvalue weighted by Gasteiger charge is 2.43. The molecule has 2 aromatic rings. The third-order valence-electron chi connectivity index (χ3n) is 5.82. The van der Waals surface area contributed by atoms with Crippen LogP contribution in [0.15, 0.2) is 35.5 Å². The number of aryl methyl sites for hydroxylation is 1. The van der Waals surface area contributed by atoms with E-state index in [1.165, 1.54) is 11.1 Å². The Morgan fingerprint density at radius 2 is 1.85 bits per heavy atom. The summed E-state index contributed by atoms with van der Waals surface area (Å²) in [4.78, 5) is 13.3. The number of carbonyl (C=O) groups is 1. The van der Waals surface area contributed by atoms with Crippen LogP contribution in [-0.2, 0) is 10.2 Å². The number of hydrogen-bond acceptors (Lipinski definition) is 3. The molecule has 0 saturated heterocycles. The molecule has 2 heterocycles. The standard InChI is InChI=1S/C23H29N3O/c1-13-9-7-8-10-14(13)17-18-15(11-23(5,6)12-16(18)27)24-21-19(17)20(25-26-21)22(2,3)4/h7-10,17H,11-12H2,1-6H3,(H2,24,25,26). The molecule has 27 heavy (non-hydrogen) atoms. The second-order valence-corrected chi connectivity index (χ2v) is 9.86. The summed E-state index contributed by atoms with van der Waals surface area (Å²) in [5.41, 5.74) is 6.50. The smallest absolute Gasteiger partial charge is 0.162 e. The van der Waals surface area contributed by atoms with E-state index in [0.717, 1.165) is 34.8 Å². The van der Waals surface area contributed by atoms with E-state index in [0.29, 0.717) is 6.42 Å². The number of hydrogen-bond donors (Lipinski definition) is 2. The van der Waals surface area contributed by atoms with Crippen molar-refractivity contribution in [1.82, 2.24) is 10.2 Å². The lowest BCUT2D eigenvalue weighted by Crippen LogP contribution is -2.34. The first-order chi connectivity index (χ1) is 12.6. The lowest BCUT2D eigenvalue weighted by molar-refractivity contribution is -0.118. The summed E-state index contributed by atoms with van der Waals surface area (Å²) in [7, 11) is 0. The first-order valence-corrected chi connectivity index (χ1v) is 9.76. The predicted octanol–water partition coefficient (Wildman–Crippen LogP) is 5.22. The Labute approximate surface area is 161 Å². The van der Waals surface area contributed by atoms with Crippen molar-refractivity contribution in [2.24, 2.45) is 5.41 Å². The van der Waals surface area contributed by atoms with Gasteiger partial charge in [0.2, 0.25) is 0 Å². The number of aromatic amines is 1. The van der Waals surface area contributed by atoms with E-state index < -0.39 is 0 Å². The third kappa shape index (κ3) is 2.91. The van der Waals surface area contributed by atoms with Crippen molar-refractivity contribution in [2.75, 3.05) is 5.32 Å². The van der Waals surface area contributed by atoms with Crippen LogP contribution in [0.3, 0.4) is 0 Å². The van der Waals surface area contributed by atoms with Gasteiger partial charge in [0.1, 0.15) is 0 Å². The van der Waals surface area contributed by atoms with Crippen molar-refractivity contribution in [3.8, 4) is 0 Å². The number of benzene rings is 1. The first-order valence-electron chi connectivity index (χ1n) is 9.76. The molecule has 142 valence electrons. The molecule has 0 bridgehead atoms. The minimum absolute atomic E-state index is 0.0279. The molecule has 2 aliphatic rings. The fourth-order valence-corrected chi connectivity index (χ4v) is 4.59. The number of fused-ring (bicyclic) bond motifs is 1. The SMILES string of the molecule is Cc1ccccc1C1C2=C(CC(C)(C)CC2=O)Nc2n[nH]c(C(C)(C)C)c21. The van der Waals surface area contributed by atoms with Crippen molar-refractivity contribution in [2.45, 2.75) is 65.7 Å². The Bertz CT molecular complexity index is 956. The second-order valence-electron chi connectivity index (χ2n) is 9.86. The highest BCUT2D eigenvalue weighted by Crippen LogP contribution is 2.51. The molecule has 0 fully saturated rings. The van der Waals surface area contributed by atoms with Gasteiger partial charge in [0.05, 0.1) is 0 Å². The number of nitrogens with zero attached hydrogens (tertiary/aromatic N) is 1. The maximum absolute atomic E-state index is 13.3.